The van der Waals surface area contributed by atoms with Crippen LogP contribution in [0.15, 0.2) is 16.6 Å². The minimum Gasteiger partial charge on any atom is -0.478 e. The van der Waals surface area contributed by atoms with Crippen molar-refractivity contribution in [3.05, 3.63) is 27.2 Å². The Labute approximate surface area is 123 Å². The van der Waals surface area contributed by atoms with E-state index < -0.39 is 5.97 Å². The highest BCUT2D eigenvalue weighted by Gasteiger charge is 2.32. The van der Waals surface area contributed by atoms with Crippen molar-refractivity contribution in [1.29, 1.82) is 0 Å². The predicted octanol–water partition coefficient (Wildman–Crippen LogP) is 2.11. The van der Waals surface area contributed by atoms with Crippen molar-refractivity contribution in [2.75, 3.05) is 18.0 Å². The van der Waals surface area contributed by atoms with E-state index in [-0.39, 0.29) is 17.4 Å². The molecule has 1 atom stereocenters. The first-order valence-corrected chi connectivity index (χ1v) is 6.84. The molecular weight excluding hydrogens is 336 g/mol. The van der Waals surface area contributed by atoms with E-state index >= 15 is 0 Å². The highest BCUT2D eigenvalue weighted by atomic mass is 79.9. The Hall–Kier alpha value is -1.11. The SMILES string of the molecule is NCC1CC(=O)N(c2cc(Cl)c(Br)cc2C(=O)O)C1. The second-order valence-electron chi connectivity index (χ2n) is 4.40. The lowest BCUT2D eigenvalue weighted by atomic mass is 10.1. The van der Waals surface area contributed by atoms with E-state index in [1.54, 1.807) is 0 Å². The summed E-state index contributed by atoms with van der Waals surface area (Å²) in [6.45, 7) is 0.822. The molecule has 3 N–H and O–H groups in total. The Bertz CT molecular complexity index is 550. The molecule has 2 rings (SSSR count). The summed E-state index contributed by atoms with van der Waals surface area (Å²) < 4.78 is 0.484. The van der Waals surface area contributed by atoms with Gasteiger partial charge in [0.25, 0.3) is 0 Å². The number of hydrogen-bond donors (Lipinski definition) is 2. The van der Waals surface area contributed by atoms with E-state index in [0.29, 0.717) is 34.7 Å². The van der Waals surface area contributed by atoms with Crippen LogP contribution in [0.5, 0.6) is 0 Å². The molecule has 1 aromatic carbocycles. The Morgan fingerprint density at radius 2 is 2.26 bits per heavy atom. The molecule has 5 nitrogen and oxygen atoms in total. The largest absolute Gasteiger partial charge is 0.478 e. The summed E-state index contributed by atoms with van der Waals surface area (Å²) in [4.78, 5) is 24.7. The number of carboxylic acids is 1. The molecular formula is C12H12BrClN2O3. The van der Waals surface area contributed by atoms with Gasteiger partial charge in [0.1, 0.15) is 0 Å². The fourth-order valence-corrected chi connectivity index (χ4v) is 2.60. The molecule has 0 bridgehead atoms. The number of anilines is 1. The van der Waals surface area contributed by atoms with Crippen molar-refractivity contribution in [2.24, 2.45) is 11.7 Å². The lowest BCUT2D eigenvalue weighted by Crippen LogP contribution is -2.27. The molecule has 0 radical (unpaired) electrons. The van der Waals surface area contributed by atoms with E-state index in [1.807, 2.05) is 0 Å². The molecule has 1 saturated heterocycles. The summed E-state index contributed by atoms with van der Waals surface area (Å²) in [6, 6.07) is 2.90. The van der Waals surface area contributed by atoms with Crippen molar-refractivity contribution < 1.29 is 14.7 Å². The molecule has 1 aliphatic heterocycles. The quantitative estimate of drug-likeness (QED) is 0.877. The van der Waals surface area contributed by atoms with Gasteiger partial charge in [0.05, 0.1) is 16.3 Å². The zero-order valence-corrected chi connectivity index (χ0v) is 12.2. The number of amides is 1. The van der Waals surface area contributed by atoms with Crippen LogP contribution >= 0.6 is 27.5 Å². The number of nitrogens with zero attached hydrogens (tertiary/aromatic N) is 1. The van der Waals surface area contributed by atoms with Gasteiger partial charge in [0.2, 0.25) is 5.91 Å². The molecule has 0 saturated carbocycles. The third kappa shape index (κ3) is 2.75. The number of aromatic carboxylic acids is 1. The predicted molar refractivity (Wildman–Crippen MR) is 75.6 cm³/mol. The number of carbonyl (C=O) groups is 2. The van der Waals surface area contributed by atoms with Gasteiger partial charge in [0, 0.05) is 17.4 Å². The molecule has 1 fully saturated rings. The third-order valence-electron chi connectivity index (χ3n) is 3.10. The molecule has 0 aromatic heterocycles. The van der Waals surface area contributed by atoms with Crippen LogP contribution in [0.25, 0.3) is 0 Å². The number of carbonyl (C=O) groups excluding carboxylic acids is 1. The van der Waals surface area contributed by atoms with Crippen LogP contribution in [0.1, 0.15) is 16.8 Å². The van der Waals surface area contributed by atoms with Crippen molar-refractivity contribution in [1.82, 2.24) is 0 Å². The van der Waals surface area contributed by atoms with Gasteiger partial charge >= 0.3 is 5.97 Å². The summed E-state index contributed by atoms with van der Waals surface area (Å²) in [6.07, 6.45) is 0.337. The molecule has 19 heavy (non-hydrogen) atoms. The number of rotatable bonds is 3. The van der Waals surface area contributed by atoms with Crippen LogP contribution in [-0.4, -0.2) is 30.1 Å². The zero-order valence-electron chi connectivity index (χ0n) is 9.90. The van der Waals surface area contributed by atoms with Gasteiger partial charge < -0.3 is 15.7 Å². The van der Waals surface area contributed by atoms with Crippen molar-refractivity contribution in [3.8, 4) is 0 Å². The molecule has 1 amide bonds. The monoisotopic (exact) mass is 346 g/mol. The number of nitrogens with two attached hydrogens (primary N) is 1. The van der Waals surface area contributed by atoms with Crippen LogP contribution < -0.4 is 10.6 Å². The van der Waals surface area contributed by atoms with Gasteiger partial charge in [-0.05, 0) is 40.5 Å². The van der Waals surface area contributed by atoms with Crippen molar-refractivity contribution in [2.45, 2.75) is 6.42 Å². The first-order chi connectivity index (χ1) is 8.93. The zero-order chi connectivity index (χ0) is 14.2. The van der Waals surface area contributed by atoms with Crippen LogP contribution in [0.2, 0.25) is 5.02 Å². The second-order valence-corrected chi connectivity index (χ2v) is 5.66. The molecule has 0 spiro atoms. The van der Waals surface area contributed by atoms with E-state index in [9.17, 15) is 14.7 Å². The maximum Gasteiger partial charge on any atom is 0.337 e. The van der Waals surface area contributed by atoms with E-state index in [4.69, 9.17) is 17.3 Å². The fourth-order valence-electron chi connectivity index (χ4n) is 2.10. The van der Waals surface area contributed by atoms with E-state index in [0.717, 1.165) is 0 Å². The van der Waals surface area contributed by atoms with Gasteiger partial charge in [0.15, 0.2) is 0 Å². The fraction of sp³-hybridized carbons (Fsp3) is 0.333. The Morgan fingerprint density at radius 3 is 2.79 bits per heavy atom. The number of benzene rings is 1. The highest BCUT2D eigenvalue weighted by molar-refractivity contribution is 9.10. The van der Waals surface area contributed by atoms with Crippen molar-refractivity contribution >= 4 is 45.1 Å². The first-order valence-electron chi connectivity index (χ1n) is 5.66. The minimum absolute atomic E-state index is 0.0438. The van der Waals surface area contributed by atoms with E-state index in [2.05, 4.69) is 15.9 Å². The molecule has 7 heteroatoms. The Morgan fingerprint density at radius 1 is 1.58 bits per heavy atom. The highest BCUT2D eigenvalue weighted by Crippen LogP contribution is 2.34. The van der Waals surface area contributed by atoms with Crippen LogP contribution in [0.3, 0.4) is 0 Å². The van der Waals surface area contributed by atoms with Crippen LogP contribution in [0, 0.1) is 5.92 Å². The minimum atomic E-state index is -1.10. The normalized spacial score (nSPS) is 19.0. The molecule has 102 valence electrons. The van der Waals surface area contributed by atoms with Gasteiger partial charge in [-0.25, -0.2) is 4.79 Å². The lowest BCUT2D eigenvalue weighted by Gasteiger charge is -2.19. The summed E-state index contributed by atoms with van der Waals surface area (Å²) in [5.74, 6) is -1.18. The maximum absolute atomic E-state index is 11.9. The first kappa shape index (κ1) is 14.3. The van der Waals surface area contributed by atoms with Crippen LogP contribution in [-0.2, 0) is 4.79 Å². The summed E-state index contributed by atoms with van der Waals surface area (Å²) >= 11 is 9.16. The molecule has 1 aromatic rings. The number of hydrogen-bond acceptors (Lipinski definition) is 3. The van der Waals surface area contributed by atoms with Gasteiger partial charge in [-0.3, -0.25) is 4.79 Å². The lowest BCUT2D eigenvalue weighted by molar-refractivity contribution is -0.117. The molecule has 1 aliphatic rings. The molecule has 0 aliphatic carbocycles. The number of carboxylic acid groups (broad SMARTS) is 1. The Balaban J connectivity index is 2.47. The second kappa shape index (κ2) is 5.48. The van der Waals surface area contributed by atoms with Gasteiger partial charge in [-0.2, -0.15) is 0 Å². The topological polar surface area (TPSA) is 83.6 Å². The third-order valence-corrected chi connectivity index (χ3v) is 4.30. The summed E-state index contributed by atoms with van der Waals surface area (Å²) in [5, 5.41) is 9.59. The van der Waals surface area contributed by atoms with Gasteiger partial charge in [-0.15, -0.1) is 0 Å². The van der Waals surface area contributed by atoms with Crippen molar-refractivity contribution in [3.63, 3.8) is 0 Å². The average Bonchev–Trinajstić information content (AvgIpc) is 2.73. The summed E-state index contributed by atoms with van der Waals surface area (Å²) in [5.41, 5.74) is 5.92. The maximum atomic E-state index is 11.9. The van der Waals surface area contributed by atoms with Crippen LogP contribution in [0.4, 0.5) is 5.69 Å². The molecule has 1 unspecified atom stereocenters. The molecule has 1 heterocycles. The number of halogens is 2. The summed E-state index contributed by atoms with van der Waals surface area (Å²) in [7, 11) is 0. The Kier molecular flexibility index (Phi) is 4.13. The average molecular weight is 348 g/mol. The smallest absolute Gasteiger partial charge is 0.337 e. The van der Waals surface area contributed by atoms with E-state index in [1.165, 1.54) is 17.0 Å². The van der Waals surface area contributed by atoms with Gasteiger partial charge in [-0.1, -0.05) is 11.6 Å². The standard InChI is InChI=1S/C12H12BrClN2O3/c13-8-2-7(12(18)19)10(3-9(8)14)16-5-6(4-15)1-11(16)17/h2-3,6H,1,4-5,15H2,(H,18,19).